The van der Waals surface area contributed by atoms with Gasteiger partial charge in [-0.05, 0) is 17.7 Å². The molecule has 0 fully saturated rings. The highest BCUT2D eigenvalue weighted by Gasteiger charge is 2.01. The normalized spacial score (nSPS) is 9.95. The molecule has 19 heavy (non-hydrogen) atoms. The Balaban J connectivity index is 1.90. The maximum atomic E-state index is 11.2. The lowest BCUT2D eigenvalue weighted by atomic mass is 10.2. The number of carbonyl (C=O) groups is 1. The Kier molecular flexibility index (Phi) is 4.44. The van der Waals surface area contributed by atoms with Crippen molar-refractivity contribution in [2.45, 2.75) is 19.9 Å². The van der Waals surface area contributed by atoms with Crippen LogP contribution in [0, 0.1) is 0 Å². The molecule has 0 unspecified atom stereocenters. The van der Waals surface area contributed by atoms with Gasteiger partial charge in [0.05, 0.1) is 0 Å². The second kappa shape index (κ2) is 6.49. The highest BCUT2D eigenvalue weighted by atomic mass is 16.1. The van der Waals surface area contributed by atoms with Gasteiger partial charge in [0.25, 0.3) is 0 Å². The minimum absolute atomic E-state index is 0.0701. The summed E-state index contributed by atoms with van der Waals surface area (Å²) in [5, 5.41) is 13.8. The first-order valence-electron chi connectivity index (χ1n) is 6.19. The molecule has 0 saturated heterocycles. The van der Waals surface area contributed by atoms with Crippen LogP contribution in [0.4, 0.5) is 11.6 Å². The summed E-state index contributed by atoms with van der Waals surface area (Å²) >= 11 is 0. The van der Waals surface area contributed by atoms with Crippen LogP contribution in [0.5, 0.6) is 0 Å². The number of carbonyl (C=O) groups excluding carboxylic acids is 1. The van der Waals surface area contributed by atoms with E-state index in [0.717, 1.165) is 0 Å². The van der Waals surface area contributed by atoms with Crippen molar-refractivity contribution in [3.05, 3.63) is 48.0 Å². The average Bonchev–Trinajstić information content (AvgIpc) is 2.47. The van der Waals surface area contributed by atoms with Gasteiger partial charge in [-0.3, -0.25) is 4.79 Å². The molecule has 2 aromatic rings. The van der Waals surface area contributed by atoms with Crippen LogP contribution in [0.2, 0.25) is 0 Å². The number of benzene rings is 1. The van der Waals surface area contributed by atoms with Crippen molar-refractivity contribution in [3.63, 3.8) is 0 Å². The lowest BCUT2D eigenvalue weighted by Crippen LogP contribution is -2.11. The number of rotatable bonds is 5. The van der Waals surface area contributed by atoms with Gasteiger partial charge in [0.15, 0.2) is 5.82 Å². The number of nitrogens with one attached hydrogen (secondary N) is 2. The first kappa shape index (κ1) is 13.0. The van der Waals surface area contributed by atoms with Gasteiger partial charge in [0.2, 0.25) is 5.91 Å². The molecule has 1 aromatic heterocycles. The first-order chi connectivity index (χ1) is 9.28. The van der Waals surface area contributed by atoms with E-state index in [-0.39, 0.29) is 5.91 Å². The first-order valence-corrected chi connectivity index (χ1v) is 6.19. The second-order valence-electron chi connectivity index (χ2n) is 4.04. The van der Waals surface area contributed by atoms with Crippen molar-refractivity contribution >= 4 is 17.5 Å². The predicted octanol–water partition coefficient (Wildman–Crippen LogP) is 2.44. The van der Waals surface area contributed by atoms with E-state index in [1.165, 1.54) is 5.56 Å². The number of anilines is 2. The molecule has 98 valence electrons. The third-order valence-electron chi connectivity index (χ3n) is 2.57. The minimum Gasteiger partial charge on any atom is -0.365 e. The predicted molar refractivity (Wildman–Crippen MR) is 74.7 cm³/mol. The summed E-state index contributed by atoms with van der Waals surface area (Å²) in [6.45, 7) is 2.48. The van der Waals surface area contributed by atoms with E-state index >= 15 is 0 Å². The van der Waals surface area contributed by atoms with Crippen molar-refractivity contribution in [1.29, 1.82) is 0 Å². The quantitative estimate of drug-likeness (QED) is 0.862. The zero-order valence-electron chi connectivity index (χ0n) is 10.8. The number of aromatic nitrogens is 2. The van der Waals surface area contributed by atoms with E-state index in [1.54, 1.807) is 19.1 Å². The van der Waals surface area contributed by atoms with Crippen molar-refractivity contribution in [1.82, 2.24) is 10.2 Å². The van der Waals surface area contributed by atoms with Gasteiger partial charge in [0, 0.05) is 13.0 Å². The molecule has 5 nitrogen and oxygen atoms in total. The van der Waals surface area contributed by atoms with E-state index in [0.29, 0.717) is 24.6 Å². The van der Waals surface area contributed by atoms with Crippen molar-refractivity contribution < 1.29 is 4.79 Å². The summed E-state index contributed by atoms with van der Waals surface area (Å²) in [5.74, 6) is 1.08. The largest absolute Gasteiger partial charge is 0.365 e. The van der Waals surface area contributed by atoms with Crippen LogP contribution >= 0.6 is 0 Å². The molecule has 0 spiro atoms. The second-order valence-corrected chi connectivity index (χ2v) is 4.04. The Hall–Kier alpha value is -2.43. The molecule has 0 aliphatic carbocycles. The van der Waals surface area contributed by atoms with Gasteiger partial charge in [-0.2, -0.15) is 0 Å². The molecular formula is C14H16N4O. The van der Waals surface area contributed by atoms with Crippen molar-refractivity contribution in [2.75, 3.05) is 10.6 Å². The number of hydrogen-bond donors (Lipinski definition) is 2. The summed E-state index contributed by atoms with van der Waals surface area (Å²) in [4.78, 5) is 11.2. The maximum absolute atomic E-state index is 11.2. The van der Waals surface area contributed by atoms with Crippen molar-refractivity contribution in [3.8, 4) is 0 Å². The van der Waals surface area contributed by atoms with Crippen LogP contribution in [0.3, 0.4) is 0 Å². The van der Waals surface area contributed by atoms with Gasteiger partial charge in [0.1, 0.15) is 5.82 Å². The van der Waals surface area contributed by atoms with E-state index in [2.05, 4.69) is 20.8 Å². The fourth-order valence-corrected chi connectivity index (χ4v) is 1.51. The number of amides is 1. The monoisotopic (exact) mass is 256 g/mol. The summed E-state index contributed by atoms with van der Waals surface area (Å²) in [7, 11) is 0. The van der Waals surface area contributed by atoms with E-state index in [1.807, 2.05) is 30.3 Å². The zero-order valence-corrected chi connectivity index (χ0v) is 10.8. The standard InChI is InChI=1S/C14H16N4O/c1-2-14(19)16-13-9-8-12(17-18-13)15-10-11-6-4-3-5-7-11/h3-9H,2,10H2,1H3,(H,15,17)(H,16,18,19). The fraction of sp³-hybridized carbons (Fsp3) is 0.214. The number of nitrogens with zero attached hydrogens (tertiary/aromatic N) is 2. The van der Waals surface area contributed by atoms with Crippen molar-refractivity contribution in [2.24, 2.45) is 0 Å². The molecule has 0 aliphatic rings. The molecule has 0 bridgehead atoms. The van der Waals surface area contributed by atoms with Crippen LogP contribution in [-0.2, 0) is 11.3 Å². The Morgan fingerprint density at radius 1 is 1.05 bits per heavy atom. The highest BCUT2D eigenvalue weighted by molar-refractivity contribution is 5.89. The van der Waals surface area contributed by atoms with Crippen LogP contribution in [0.1, 0.15) is 18.9 Å². The molecule has 2 rings (SSSR count). The minimum atomic E-state index is -0.0701. The van der Waals surface area contributed by atoms with Gasteiger partial charge in [-0.1, -0.05) is 37.3 Å². The molecular weight excluding hydrogens is 240 g/mol. The third kappa shape index (κ3) is 4.06. The van der Waals surface area contributed by atoms with E-state index in [4.69, 9.17) is 0 Å². The van der Waals surface area contributed by atoms with Crippen LogP contribution in [-0.4, -0.2) is 16.1 Å². The summed E-state index contributed by atoms with van der Waals surface area (Å²) < 4.78 is 0. The molecule has 0 radical (unpaired) electrons. The summed E-state index contributed by atoms with van der Waals surface area (Å²) in [6, 6.07) is 13.6. The van der Waals surface area contributed by atoms with Gasteiger partial charge >= 0.3 is 0 Å². The Morgan fingerprint density at radius 3 is 2.37 bits per heavy atom. The Bertz CT molecular complexity index is 525. The molecule has 2 N–H and O–H groups in total. The Morgan fingerprint density at radius 2 is 1.74 bits per heavy atom. The van der Waals surface area contributed by atoms with Crippen LogP contribution in [0.15, 0.2) is 42.5 Å². The van der Waals surface area contributed by atoms with Gasteiger partial charge in [-0.15, -0.1) is 10.2 Å². The maximum Gasteiger partial charge on any atom is 0.225 e. The molecule has 0 saturated carbocycles. The smallest absolute Gasteiger partial charge is 0.225 e. The summed E-state index contributed by atoms with van der Waals surface area (Å²) in [5.41, 5.74) is 1.17. The van der Waals surface area contributed by atoms with Gasteiger partial charge < -0.3 is 10.6 Å². The number of hydrogen-bond acceptors (Lipinski definition) is 4. The fourth-order valence-electron chi connectivity index (χ4n) is 1.51. The lowest BCUT2D eigenvalue weighted by molar-refractivity contribution is -0.115. The zero-order chi connectivity index (χ0) is 13.5. The van der Waals surface area contributed by atoms with Crippen LogP contribution < -0.4 is 10.6 Å². The van der Waals surface area contributed by atoms with E-state index < -0.39 is 0 Å². The molecule has 1 heterocycles. The highest BCUT2D eigenvalue weighted by Crippen LogP contribution is 2.08. The van der Waals surface area contributed by atoms with Crippen LogP contribution in [0.25, 0.3) is 0 Å². The molecule has 1 aromatic carbocycles. The average molecular weight is 256 g/mol. The molecule has 5 heteroatoms. The van der Waals surface area contributed by atoms with Gasteiger partial charge in [-0.25, -0.2) is 0 Å². The SMILES string of the molecule is CCC(=O)Nc1ccc(NCc2ccccc2)nn1. The van der Waals surface area contributed by atoms with E-state index in [9.17, 15) is 4.79 Å². The lowest BCUT2D eigenvalue weighted by Gasteiger charge is -2.06. The Labute approximate surface area is 112 Å². The summed E-state index contributed by atoms with van der Waals surface area (Å²) in [6.07, 6.45) is 0.426. The molecule has 0 aliphatic heterocycles. The molecule has 0 atom stereocenters. The third-order valence-corrected chi connectivity index (χ3v) is 2.57. The molecule has 1 amide bonds. The topological polar surface area (TPSA) is 66.9 Å².